The van der Waals surface area contributed by atoms with Crippen molar-refractivity contribution in [3.63, 3.8) is 0 Å². The molecule has 3 aromatic rings. The van der Waals surface area contributed by atoms with Crippen LogP contribution in [-0.2, 0) is 0 Å². The van der Waals surface area contributed by atoms with Gasteiger partial charge in [-0.2, -0.15) is 0 Å². The average Bonchev–Trinajstić information content (AvgIpc) is 3.28. The number of nitrogens with two attached hydrogens (primary N) is 1. The Morgan fingerprint density at radius 1 is 0.962 bits per heavy atom. The van der Waals surface area contributed by atoms with E-state index in [1.54, 1.807) is 22.9 Å². The van der Waals surface area contributed by atoms with Gasteiger partial charge in [-0.05, 0) is 41.1 Å². The van der Waals surface area contributed by atoms with Gasteiger partial charge < -0.3 is 16.4 Å². The molecule has 0 atom stereocenters. The van der Waals surface area contributed by atoms with Crippen molar-refractivity contribution >= 4 is 62.7 Å². The van der Waals surface area contributed by atoms with Crippen LogP contribution >= 0.6 is 34.3 Å². The molecule has 0 aliphatic carbocycles. The summed E-state index contributed by atoms with van der Waals surface area (Å²) in [6.07, 6.45) is 0. The van der Waals surface area contributed by atoms with Crippen molar-refractivity contribution < 1.29 is 14.4 Å². The molecule has 3 rings (SSSR count). The van der Waals surface area contributed by atoms with Crippen LogP contribution in [0.4, 0.5) is 10.7 Å². The van der Waals surface area contributed by atoms with Crippen molar-refractivity contribution in [3.05, 3.63) is 68.2 Å². The Hall–Kier alpha value is -2.68. The highest BCUT2D eigenvalue weighted by Crippen LogP contribution is 2.27. The highest BCUT2D eigenvalue weighted by Gasteiger charge is 2.16. The van der Waals surface area contributed by atoms with Crippen LogP contribution in [0.25, 0.3) is 0 Å². The first-order valence-corrected chi connectivity index (χ1v) is 9.42. The van der Waals surface area contributed by atoms with E-state index in [-0.39, 0.29) is 17.0 Å². The SMILES string of the molecule is NC(=O)c1ccsc1NC(=O)c1ccc(Cl)c(NC(=O)c2cccs2)c1. The Morgan fingerprint density at radius 2 is 1.77 bits per heavy atom. The highest BCUT2D eigenvalue weighted by molar-refractivity contribution is 7.14. The molecule has 2 heterocycles. The number of primary amides is 1. The van der Waals surface area contributed by atoms with E-state index >= 15 is 0 Å². The number of amides is 3. The summed E-state index contributed by atoms with van der Waals surface area (Å²) in [5, 5.41) is 9.44. The summed E-state index contributed by atoms with van der Waals surface area (Å²) < 4.78 is 0. The van der Waals surface area contributed by atoms with Gasteiger partial charge in [-0.3, -0.25) is 14.4 Å². The smallest absolute Gasteiger partial charge is 0.265 e. The van der Waals surface area contributed by atoms with E-state index in [1.807, 2.05) is 0 Å². The number of benzene rings is 1. The molecular formula is C17H12ClN3O3S2. The number of carbonyl (C=O) groups is 3. The monoisotopic (exact) mass is 405 g/mol. The lowest BCUT2D eigenvalue weighted by molar-refractivity contribution is 0.0998. The van der Waals surface area contributed by atoms with Gasteiger partial charge in [0, 0.05) is 5.56 Å². The van der Waals surface area contributed by atoms with Crippen LogP contribution in [0.5, 0.6) is 0 Å². The second kappa shape index (κ2) is 7.69. The van der Waals surface area contributed by atoms with Gasteiger partial charge in [-0.15, -0.1) is 22.7 Å². The Labute approximate surface area is 161 Å². The standard InChI is InChI=1S/C17H12ClN3O3S2/c18-11-4-3-9(8-12(11)20-16(24)13-2-1-6-25-13)15(23)21-17-10(14(19)22)5-7-26-17/h1-8H,(H2,19,22)(H,20,24)(H,21,23). The van der Waals surface area contributed by atoms with Gasteiger partial charge in [0.1, 0.15) is 5.00 Å². The fourth-order valence-electron chi connectivity index (χ4n) is 2.13. The Morgan fingerprint density at radius 3 is 2.46 bits per heavy atom. The molecule has 6 nitrogen and oxygen atoms in total. The largest absolute Gasteiger partial charge is 0.366 e. The summed E-state index contributed by atoms with van der Waals surface area (Å²) in [5.41, 5.74) is 6.11. The van der Waals surface area contributed by atoms with Crippen molar-refractivity contribution in [2.75, 3.05) is 10.6 Å². The van der Waals surface area contributed by atoms with Crippen LogP contribution in [0.1, 0.15) is 30.4 Å². The fraction of sp³-hybridized carbons (Fsp3) is 0. The van der Waals surface area contributed by atoms with Gasteiger partial charge in [0.05, 0.1) is 21.2 Å². The van der Waals surface area contributed by atoms with E-state index in [0.717, 1.165) is 0 Å². The molecule has 26 heavy (non-hydrogen) atoms. The van der Waals surface area contributed by atoms with Gasteiger partial charge >= 0.3 is 0 Å². The van der Waals surface area contributed by atoms with Crippen LogP contribution in [0.2, 0.25) is 5.02 Å². The molecule has 0 saturated heterocycles. The Bertz CT molecular complexity index is 983. The topological polar surface area (TPSA) is 101 Å². The molecule has 0 bridgehead atoms. The minimum atomic E-state index is -0.624. The first-order chi connectivity index (χ1) is 12.5. The normalized spacial score (nSPS) is 10.3. The number of thiophene rings is 2. The third kappa shape index (κ3) is 3.93. The molecule has 0 spiro atoms. The van der Waals surface area contributed by atoms with Crippen LogP contribution in [0.3, 0.4) is 0 Å². The van der Waals surface area contributed by atoms with Crippen LogP contribution in [-0.4, -0.2) is 17.7 Å². The zero-order valence-corrected chi connectivity index (χ0v) is 15.5. The number of nitrogens with one attached hydrogen (secondary N) is 2. The van der Waals surface area contributed by atoms with Gasteiger partial charge in [-0.1, -0.05) is 17.7 Å². The lowest BCUT2D eigenvalue weighted by Crippen LogP contribution is -2.17. The molecule has 0 unspecified atom stereocenters. The van der Waals surface area contributed by atoms with Crippen molar-refractivity contribution in [2.24, 2.45) is 5.73 Å². The number of hydrogen-bond acceptors (Lipinski definition) is 5. The maximum atomic E-state index is 12.5. The molecule has 0 aliphatic rings. The second-order valence-electron chi connectivity index (χ2n) is 5.11. The summed E-state index contributed by atoms with van der Waals surface area (Å²) in [5.74, 6) is -1.38. The van der Waals surface area contributed by atoms with Crippen LogP contribution in [0, 0.1) is 0 Å². The van der Waals surface area contributed by atoms with E-state index in [4.69, 9.17) is 17.3 Å². The molecule has 132 valence electrons. The van der Waals surface area contributed by atoms with Crippen LogP contribution in [0.15, 0.2) is 47.2 Å². The highest BCUT2D eigenvalue weighted by atomic mass is 35.5. The predicted molar refractivity (Wildman–Crippen MR) is 105 cm³/mol. The third-order valence-electron chi connectivity index (χ3n) is 3.38. The lowest BCUT2D eigenvalue weighted by atomic mass is 10.2. The quantitative estimate of drug-likeness (QED) is 0.596. The maximum Gasteiger partial charge on any atom is 0.265 e. The molecule has 0 saturated carbocycles. The summed E-state index contributed by atoms with van der Waals surface area (Å²) in [4.78, 5) is 36.5. The first kappa shape index (κ1) is 18.1. The zero-order valence-electron chi connectivity index (χ0n) is 13.1. The van der Waals surface area contributed by atoms with Crippen molar-refractivity contribution in [1.29, 1.82) is 0 Å². The second-order valence-corrected chi connectivity index (χ2v) is 7.38. The molecule has 9 heteroatoms. The Balaban J connectivity index is 1.80. The third-order valence-corrected chi connectivity index (χ3v) is 5.41. The molecule has 3 amide bonds. The summed E-state index contributed by atoms with van der Waals surface area (Å²) in [6, 6.07) is 9.51. The van der Waals surface area contributed by atoms with E-state index in [2.05, 4.69) is 10.6 Å². The van der Waals surface area contributed by atoms with E-state index in [1.165, 1.54) is 46.9 Å². The van der Waals surface area contributed by atoms with Gasteiger partial charge in [-0.25, -0.2) is 0 Å². The van der Waals surface area contributed by atoms with Gasteiger partial charge in [0.2, 0.25) is 0 Å². The number of rotatable bonds is 5. The van der Waals surface area contributed by atoms with E-state index in [9.17, 15) is 14.4 Å². The molecule has 0 radical (unpaired) electrons. The minimum Gasteiger partial charge on any atom is -0.366 e. The predicted octanol–water partition coefficient (Wildman–Crippen LogP) is 4.07. The van der Waals surface area contributed by atoms with E-state index in [0.29, 0.717) is 20.6 Å². The first-order valence-electron chi connectivity index (χ1n) is 7.29. The average molecular weight is 406 g/mol. The maximum absolute atomic E-state index is 12.5. The van der Waals surface area contributed by atoms with Gasteiger partial charge in [0.15, 0.2) is 0 Å². The van der Waals surface area contributed by atoms with Crippen molar-refractivity contribution in [2.45, 2.75) is 0 Å². The zero-order chi connectivity index (χ0) is 18.7. The number of hydrogen-bond donors (Lipinski definition) is 3. The van der Waals surface area contributed by atoms with Crippen molar-refractivity contribution in [1.82, 2.24) is 0 Å². The number of halogens is 1. The fourth-order valence-corrected chi connectivity index (χ4v) is 3.70. The summed E-state index contributed by atoms with van der Waals surface area (Å²) >= 11 is 8.60. The van der Waals surface area contributed by atoms with E-state index < -0.39 is 11.8 Å². The molecule has 1 aromatic carbocycles. The lowest BCUT2D eigenvalue weighted by Gasteiger charge is -2.09. The van der Waals surface area contributed by atoms with Crippen LogP contribution < -0.4 is 16.4 Å². The molecule has 2 aromatic heterocycles. The number of carbonyl (C=O) groups excluding carboxylic acids is 3. The minimum absolute atomic E-state index is 0.239. The molecular weight excluding hydrogens is 394 g/mol. The molecule has 0 fully saturated rings. The summed E-state index contributed by atoms with van der Waals surface area (Å²) in [7, 11) is 0. The van der Waals surface area contributed by atoms with Gasteiger partial charge in [0.25, 0.3) is 17.7 Å². The number of anilines is 2. The summed E-state index contributed by atoms with van der Waals surface area (Å²) in [6.45, 7) is 0. The molecule has 4 N–H and O–H groups in total. The van der Waals surface area contributed by atoms with Crippen molar-refractivity contribution in [3.8, 4) is 0 Å². The molecule has 0 aliphatic heterocycles. The Kier molecular flexibility index (Phi) is 5.36.